The normalized spacial score (nSPS) is 25.1. The third-order valence-corrected chi connectivity index (χ3v) is 12.6. The van der Waals surface area contributed by atoms with Crippen LogP contribution in [-0.2, 0) is 59.2 Å². The van der Waals surface area contributed by atoms with Crippen LogP contribution in [0.25, 0.3) is 0 Å². The number of unbranched alkanes of at least 4 members (excludes halogenated alkanes) is 5. The van der Waals surface area contributed by atoms with Gasteiger partial charge in [-0.05, 0) is 69.9 Å². The number of benzene rings is 1. The molecule has 25 heteroatoms. The molecule has 0 bridgehead atoms. The fourth-order valence-electron chi connectivity index (χ4n) is 8.48. The van der Waals surface area contributed by atoms with Crippen LogP contribution in [0.1, 0.15) is 138 Å². The Kier molecular flexibility index (Phi) is 29.4. The fraction of sp³-hybridized carbons (Fsp3) is 0.673. The number of primary amides is 2. The Morgan fingerprint density at radius 3 is 1.22 bits per heavy atom. The molecule has 11 atom stereocenters. The van der Waals surface area contributed by atoms with Crippen molar-refractivity contribution in [2.24, 2.45) is 29.0 Å². The van der Waals surface area contributed by atoms with Crippen LogP contribution in [0.15, 0.2) is 30.3 Å². The van der Waals surface area contributed by atoms with E-state index in [4.69, 9.17) is 17.2 Å². The molecule has 2 rings (SSSR count). The van der Waals surface area contributed by atoms with E-state index in [1.165, 1.54) is 13.8 Å². The quantitative estimate of drug-likeness (QED) is 0.0544. The van der Waals surface area contributed by atoms with Crippen molar-refractivity contribution in [3.63, 3.8) is 0 Å². The van der Waals surface area contributed by atoms with Gasteiger partial charge in [0.2, 0.25) is 65.0 Å². The molecular weight excluding hydrogens is 1000 g/mol. The third-order valence-electron chi connectivity index (χ3n) is 12.6. The first-order valence-corrected chi connectivity index (χ1v) is 26.7. The van der Waals surface area contributed by atoms with Crippen molar-refractivity contribution in [1.29, 1.82) is 0 Å². The second kappa shape index (κ2) is 34.1. The zero-order valence-electron chi connectivity index (χ0n) is 45.6. The summed E-state index contributed by atoms with van der Waals surface area (Å²) in [5.74, 6) is -11.9. The first kappa shape index (κ1) is 66.4. The van der Waals surface area contributed by atoms with Gasteiger partial charge in [-0.15, -0.1) is 0 Å². The van der Waals surface area contributed by atoms with E-state index in [1.54, 1.807) is 58.0 Å². The van der Waals surface area contributed by atoms with Crippen molar-refractivity contribution in [3.8, 4) is 0 Å². The smallest absolute Gasteiger partial charge is 0.245 e. The summed E-state index contributed by atoms with van der Waals surface area (Å²) in [5, 5.41) is 44.4. The van der Waals surface area contributed by atoms with E-state index in [0.29, 0.717) is 18.4 Å². The molecule has 0 saturated carbocycles. The lowest BCUT2D eigenvalue weighted by molar-refractivity contribution is -0.138. The van der Waals surface area contributed by atoms with Crippen molar-refractivity contribution >= 4 is 65.0 Å². The largest absolute Gasteiger partial charge is 0.391 e. The van der Waals surface area contributed by atoms with Gasteiger partial charge in [0.05, 0.1) is 25.0 Å². The summed E-state index contributed by atoms with van der Waals surface area (Å²) in [7, 11) is 0. The molecule has 1 aliphatic rings. The van der Waals surface area contributed by atoms with Gasteiger partial charge >= 0.3 is 0 Å². The van der Waals surface area contributed by atoms with Gasteiger partial charge in [0.15, 0.2) is 0 Å². The SMILES string of the molecule is CCCCCCCC[C@H]1NC(=O)[C@@H](CC(C)C)NC(=O)[C@H]([C@@H](C)O)NC(=O)[C@@H](CC(C)C)NC(=O)[C@@H](CC(N)=O)NC(=O)[C@H](CC(N)=O)NC(=O)[C@H](Cc2ccccc2)NC(=O)[C@H]([C@@H](C)O)NC(=O)[C@H](CCCN)NC1=O. The number of nitrogens with one attached hydrogen (secondary N) is 9. The average Bonchev–Trinajstić information content (AvgIpc) is 3.34. The lowest BCUT2D eigenvalue weighted by Crippen LogP contribution is -2.62. The highest BCUT2D eigenvalue weighted by atomic mass is 16.3. The van der Waals surface area contributed by atoms with Crippen LogP contribution in [0, 0.1) is 11.8 Å². The molecule has 0 aliphatic carbocycles. The van der Waals surface area contributed by atoms with Gasteiger partial charge in [0, 0.05) is 6.42 Å². The van der Waals surface area contributed by atoms with E-state index < -0.39 is 144 Å². The lowest BCUT2D eigenvalue weighted by atomic mass is 9.99. The van der Waals surface area contributed by atoms with Crippen LogP contribution in [0.5, 0.6) is 0 Å². The molecule has 1 aromatic carbocycles. The van der Waals surface area contributed by atoms with Crippen LogP contribution in [-0.4, -0.2) is 148 Å². The maximum atomic E-state index is 14.4. The molecule has 1 heterocycles. The van der Waals surface area contributed by atoms with Crippen molar-refractivity contribution in [2.75, 3.05) is 6.54 Å². The molecule has 432 valence electrons. The monoisotopic (exact) mass is 1090 g/mol. The number of nitrogens with two attached hydrogens (primary N) is 3. The van der Waals surface area contributed by atoms with Crippen LogP contribution in [0.3, 0.4) is 0 Å². The van der Waals surface area contributed by atoms with Crippen molar-refractivity contribution in [2.45, 2.75) is 205 Å². The predicted molar refractivity (Wildman–Crippen MR) is 284 cm³/mol. The summed E-state index contributed by atoms with van der Waals surface area (Å²) < 4.78 is 0. The van der Waals surface area contributed by atoms with Crippen molar-refractivity contribution in [1.82, 2.24) is 47.9 Å². The predicted octanol–water partition coefficient (Wildman–Crippen LogP) is -2.30. The molecule has 1 fully saturated rings. The van der Waals surface area contributed by atoms with Crippen LogP contribution < -0.4 is 65.1 Å². The molecule has 11 amide bonds. The molecule has 1 aromatic rings. The summed E-state index contributed by atoms with van der Waals surface area (Å²) in [4.78, 5) is 152. The number of hydrogen-bond acceptors (Lipinski definition) is 14. The van der Waals surface area contributed by atoms with E-state index in [1.807, 2.05) is 0 Å². The minimum absolute atomic E-state index is 0.0142. The highest BCUT2D eigenvalue weighted by Crippen LogP contribution is 2.14. The van der Waals surface area contributed by atoms with Gasteiger partial charge in [-0.3, -0.25) is 52.7 Å². The van der Waals surface area contributed by atoms with E-state index in [0.717, 1.165) is 25.7 Å². The van der Waals surface area contributed by atoms with Gasteiger partial charge in [0.25, 0.3) is 0 Å². The van der Waals surface area contributed by atoms with E-state index in [-0.39, 0.29) is 56.9 Å². The first-order chi connectivity index (χ1) is 36.3. The van der Waals surface area contributed by atoms with E-state index in [2.05, 4.69) is 54.8 Å². The highest BCUT2D eigenvalue weighted by molar-refractivity contribution is 6.01. The molecule has 0 spiro atoms. The number of carbonyl (C=O) groups excluding carboxylic acids is 11. The zero-order valence-corrected chi connectivity index (χ0v) is 45.6. The minimum Gasteiger partial charge on any atom is -0.391 e. The molecule has 0 aromatic heterocycles. The summed E-state index contributed by atoms with van der Waals surface area (Å²) in [6.07, 6.45) is -0.178. The fourth-order valence-corrected chi connectivity index (χ4v) is 8.48. The highest BCUT2D eigenvalue weighted by Gasteiger charge is 2.38. The molecule has 25 nitrogen and oxygen atoms in total. The maximum absolute atomic E-state index is 14.4. The van der Waals surface area contributed by atoms with Gasteiger partial charge in [0.1, 0.15) is 54.4 Å². The van der Waals surface area contributed by atoms with E-state index in [9.17, 15) is 63.0 Å². The Morgan fingerprint density at radius 1 is 0.455 bits per heavy atom. The number of rotatable bonds is 22. The Bertz CT molecular complexity index is 2140. The van der Waals surface area contributed by atoms with Crippen molar-refractivity contribution in [3.05, 3.63) is 35.9 Å². The van der Waals surface area contributed by atoms with E-state index >= 15 is 0 Å². The molecular formula is C52H86N12O13. The second-order valence-corrected chi connectivity index (χ2v) is 20.7. The summed E-state index contributed by atoms with van der Waals surface area (Å²) in [6, 6.07) is -6.14. The molecule has 1 saturated heterocycles. The third kappa shape index (κ3) is 24.4. The Hall–Kier alpha value is -6.73. The number of aliphatic hydroxyl groups excluding tert-OH is 2. The van der Waals surface area contributed by atoms with Crippen LogP contribution in [0.2, 0.25) is 0 Å². The average molecular weight is 1090 g/mol. The van der Waals surface area contributed by atoms with Gasteiger partial charge < -0.3 is 75.3 Å². The number of carbonyl (C=O) groups is 11. The minimum atomic E-state index is -1.87. The Labute approximate surface area is 451 Å². The zero-order chi connectivity index (χ0) is 57.9. The van der Waals surface area contributed by atoms with Gasteiger partial charge in [-0.25, -0.2) is 0 Å². The lowest BCUT2D eigenvalue weighted by Gasteiger charge is -2.29. The summed E-state index contributed by atoms with van der Waals surface area (Å²) in [6.45, 7) is 11.5. The van der Waals surface area contributed by atoms with Gasteiger partial charge in [-0.1, -0.05) is 103 Å². The molecule has 77 heavy (non-hydrogen) atoms. The molecule has 1 aliphatic heterocycles. The van der Waals surface area contributed by atoms with Crippen LogP contribution in [0.4, 0.5) is 0 Å². The Morgan fingerprint density at radius 2 is 0.792 bits per heavy atom. The number of aliphatic hydroxyl groups is 2. The molecule has 0 unspecified atom stereocenters. The topological polar surface area (TPSA) is 415 Å². The summed E-state index contributed by atoms with van der Waals surface area (Å²) in [5.41, 5.74) is 17.3. The molecule has 17 N–H and O–H groups in total. The number of amides is 11. The number of hydrogen-bond donors (Lipinski definition) is 14. The first-order valence-electron chi connectivity index (χ1n) is 26.7. The molecule has 0 radical (unpaired) electrons. The Balaban J connectivity index is 2.89. The van der Waals surface area contributed by atoms with Crippen molar-refractivity contribution < 1.29 is 63.0 Å². The maximum Gasteiger partial charge on any atom is 0.245 e. The standard InChI is InChI=1S/C52H86N12O13/c1-8-9-10-11-12-16-20-33-44(69)56-34(21-17-22-53)45(70)63-42(30(6)65)52(77)62-37(25-32-18-14-13-15-19-32)47(72)59-39(27-41(55)68)49(74)60-38(26-40(54)67)48(73)58-36(24-29(4)5)50(75)64-43(31(7)66)51(76)61-35(23-28(2)3)46(71)57-33/h13-15,18-19,28-31,33-39,42-43,65-66H,8-12,16-17,20-27,53H2,1-7H3,(H2,54,67)(H2,55,68)(H,56,69)(H,57,71)(H,58,73)(H,59,72)(H,60,74)(H,61,76)(H,62,77)(H,63,70)(H,64,75)/t30-,31-,33-,34+,35-,36-,37+,38-,39+,42+,43+/m1/s1. The summed E-state index contributed by atoms with van der Waals surface area (Å²) >= 11 is 0. The van der Waals surface area contributed by atoms with Crippen LogP contribution >= 0.6 is 0 Å². The van der Waals surface area contributed by atoms with Gasteiger partial charge in [-0.2, -0.15) is 0 Å². The second-order valence-electron chi connectivity index (χ2n) is 20.7.